The van der Waals surface area contributed by atoms with E-state index in [2.05, 4.69) is 4.98 Å². The second-order valence-electron chi connectivity index (χ2n) is 3.83. The molecule has 2 rings (SSSR count). The molecule has 6 nitrogen and oxygen atoms in total. The van der Waals surface area contributed by atoms with Crippen LogP contribution in [0.2, 0.25) is 0 Å². The molecular formula is C11H14N2O4. The lowest BCUT2D eigenvalue weighted by atomic mass is 10.2. The Hall–Kier alpha value is -1.66. The average molecular weight is 238 g/mol. The largest absolute Gasteiger partial charge is 0.477 e. The number of anilines is 1. The molecule has 0 radical (unpaired) electrons. The predicted octanol–water partition coefficient (Wildman–Crippen LogP) is -0.0227. The van der Waals surface area contributed by atoms with E-state index >= 15 is 0 Å². The van der Waals surface area contributed by atoms with Gasteiger partial charge in [-0.05, 0) is 12.1 Å². The highest BCUT2D eigenvalue weighted by Crippen LogP contribution is 2.18. The van der Waals surface area contributed by atoms with E-state index in [0.717, 1.165) is 5.69 Å². The third kappa shape index (κ3) is 2.72. The van der Waals surface area contributed by atoms with Crippen LogP contribution in [-0.2, 0) is 4.74 Å². The summed E-state index contributed by atoms with van der Waals surface area (Å²) in [4.78, 5) is 16.6. The Labute approximate surface area is 98.5 Å². The Morgan fingerprint density at radius 2 is 2.47 bits per heavy atom. The zero-order valence-corrected chi connectivity index (χ0v) is 9.24. The SMILES string of the molecule is O=C(O)c1cc(N2CCOC(CO)C2)ccn1. The van der Waals surface area contributed by atoms with Gasteiger partial charge in [-0.15, -0.1) is 0 Å². The van der Waals surface area contributed by atoms with Crippen LogP contribution in [0.15, 0.2) is 18.3 Å². The van der Waals surface area contributed by atoms with Crippen molar-refractivity contribution in [3.63, 3.8) is 0 Å². The van der Waals surface area contributed by atoms with Gasteiger partial charge in [0.25, 0.3) is 0 Å². The summed E-state index contributed by atoms with van der Waals surface area (Å²) in [6, 6.07) is 3.29. The maximum atomic E-state index is 10.8. The van der Waals surface area contributed by atoms with Crippen molar-refractivity contribution in [3.8, 4) is 0 Å². The molecule has 92 valence electrons. The first-order valence-corrected chi connectivity index (χ1v) is 5.37. The second kappa shape index (κ2) is 5.11. The van der Waals surface area contributed by atoms with Gasteiger partial charge in [0.1, 0.15) is 5.69 Å². The third-order valence-corrected chi connectivity index (χ3v) is 2.67. The van der Waals surface area contributed by atoms with E-state index in [1.165, 1.54) is 12.3 Å². The number of hydrogen-bond donors (Lipinski definition) is 2. The highest BCUT2D eigenvalue weighted by Gasteiger charge is 2.20. The molecule has 1 saturated heterocycles. The summed E-state index contributed by atoms with van der Waals surface area (Å²) in [5.41, 5.74) is 0.814. The summed E-state index contributed by atoms with van der Waals surface area (Å²) in [5, 5.41) is 17.9. The summed E-state index contributed by atoms with van der Waals surface area (Å²) < 4.78 is 5.33. The first kappa shape index (κ1) is 11.8. The average Bonchev–Trinajstić information content (AvgIpc) is 2.39. The minimum Gasteiger partial charge on any atom is -0.477 e. The number of carboxylic acid groups (broad SMARTS) is 1. The van der Waals surface area contributed by atoms with Crippen molar-refractivity contribution in [1.29, 1.82) is 0 Å². The van der Waals surface area contributed by atoms with Gasteiger partial charge >= 0.3 is 5.97 Å². The third-order valence-electron chi connectivity index (χ3n) is 2.67. The summed E-state index contributed by atoms with van der Waals surface area (Å²) in [7, 11) is 0. The molecule has 1 aromatic heterocycles. The Balaban J connectivity index is 2.16. The monoisotopic (exact) mass is 238 g/mol. The maximum absolute atomic E-state index is 10.8. The first-order valence-electron chi connectivity index (χ1n) is 5.37. The molecule has 2 N–H and O–H groups in total. The van der Waals surface area contributed by atoms with Crippen molar-refractivity contribution in [2.45, 2.75) is 6.10 Å². The van der Waals surface area contributed by atoms with E-state index in [-0.39, 0.29) is 18.4 Å². The number of aliphatic hydroxyl groups excluding tert-OH is 1. The number of rotatable bonds is 3. The van der Waals surface area contributed by atoms with E-state index in [9.17, 15) is 4.79 Å². The molecule has 0 spiro atoms. The molecular weight excluding hydrogens is 224 g/mol. The van der Waals surface area contributed by atoms with Crippen LogP contribution in [0.4, 0.5) is 5.69 Å². The molecule has 0 saturated carbocycles. The number of carbonyl (C=O) groups is 1. The van der Waals surface area contributed by atoms with E-state index in [1.54, 1.807) is 6.07 Å². The normalized spacial score (nSPS) is 20.3. The van der Waals surface area contributed by atoms with Gasteiger partial charge in [-0.2, -0.15) is 0 Å². The smallest absolute Gasteiger partial charge is 0.354 e. The number of hydrogen-bond acceptors (Lipinski definition) is 5. The lowest BCUT2D eigenvalue weighted by Crippen LogP contribution is -2.44. The highest BCUT2D eigenvalue weighted by molar-refractivity contribution is 5.86. The number of aliphatic hydroxyl groups is 1. The molecule has 0 aliphatic carbocycles. The van der Waals surface area contributed by atoms with Crippen LogP contribution >= 0.6 is 0 Å². The Morgan fingerprint density at radius 3 is 3.18 bits per heavy atom. The molecule has 1 atom stereocenters. The summed E-state index contributed by atoms with van der Waals surface area (Å²) in [6.45, 7) is 1.72. The number of carboxylic acids is 1. The maximum Gasteiger partial charge on any atom is 0.354 e. The summed E-state index contributed by atoms with van der Waals surface area (Å²) in [5.74, 6) is -1.04. The Kier molecular flexibility index (Phi) is 3.55. The minimum atomic E-state index is -1.04. The van der Waals surface area contributed by atoms with Gasteiger partial charge in [-0.3, -0.25) is 0 Å². The van der Waals surface area contributed by atoms with Gasteiger partial charge < -0.3 is 19.8 Å². The lowest BCUT2D eigenvalue weighted by Gasteiger charge is -2.33. The van der Waals surface area contributed by atoms with Crippen LogP contribution in [0.25, 0.3) is 0 Å². The molecule has 1 aromatic rings. The molecule has 0 aromatic carbocycles. The zero-order valence-electron chi connectivity index (χ0n) is 9.24. The number of pyridine rings is 1. The number of morpholine rings is 1. The van der Waals surface area contributed by atoms with Gasteiger partial charge in [-0.25, -0.2) is 9.78 Å². The van der Waals surface area contributed by atoms with Crippen LogP contribution in [0.5, 0.6) is 0 Å². The van der Waals surface area contributed by atoms with Gasteiger partial charge in [0, 0.05) is 25.0 Å². The molecule has 0 amide bonds. The summed E-state index contributed by atoms with van der Waals surface area (Å²) in [6.07, 6.45) is 1.26. The van der Waals surface area contributed by atoms with Crippen molar-refractivity contribution in [1.82, 2.24) is 4.98 Å². The van der Waals surface area contributed by atoms with Crippen LogP contribution < -0.4 is 4.90 Å². The van der Waals surface area contributed by atoms with Crippen molar-refractivity contribution in [3.05, 3.63) is 24.0 Å². The molecule has 17 heavy (non-hydrogen) atoms. The van der Waals surface area contributed by atoms with Crippen molar-refractivity contribution >= 4 is 11.7 Å². The van der Waals surface area contributed by atoms with E-state index < -0.39 is 5.97 Å². The van der Waals surface area contributed by atoms with Crippen LogP contribution in [-0.4, -0.2) is 53.6 Å². The molecule has 1 aliphatic rings. The number of ether oxygens (including phenoxy) is 1. The van der Waals surface area contributed by atoms with Crippen LogP contribution in [0, 0.1) is 0 Å². The van der Waals surface area contributed by atoms with Gasteiger partial charge in [0.2, 0.25) is 0 Å². The predicted molar refractivity (Wildman–Crippen MR) is 60.2 cm³/mol. The highest BCUT2D eigenvalue weighted by atomic mass is 16.5. The molecule has 1 aliphatic heterocycles. The van der Waals surface area contributed by atoms with Crippen molar-refractivity contribution in [2.24, 2.45) is 0 Å². The fourth-order valence-electron chi connectivity index (χ4n) is 1.80. The molecule has 2 heterocycles. The van der Waals surface area contributed by atoms with Crippen LogP contribution in [0.3, 0.4) is 0 Å². The summed E-state index contributed by atoms with van der Waals surface area (Å²) >= 11 is 0. The number of aromatic nitrogens is 1. The van der Waals surface area contributed by atoms with E-state index in [1.807, 2.05) is 4.90 Å². The molecule has 0 bridgehead atoms. The number of aromatic carboxylic acids is 1. The second-order valence-corrected chi connectivity index (χ2v) is 3.83. The van der Waals surface area contributed by atoms with Crippen molar-refractivity contribution in [2.75, 3.05) is 31.2 Å². The van der Waals surface area contributed by atoms with E-state index in [4.69, 9.17) is 14.9 Å². The van der Waals surface area contributed by atoms with Gasteiger partial charge in [0.05, 0.1) is 19.3 Å². The first-order chi connectivity index (χ1) is 8.20. The quantitative estimate of drug-likeness (QED) is 0.770. The standard InChI is InChI=1S/C11H14N2O4/c14-7-9-6-13(3-4-17-9)8-1-2-12-10(5-8)11(15)16/h1-2,5,9,14H,3-4,6-7H2,(H,15,16). The van der Waals surface area contributed by atoms with E-state index in [0.29, 0.717) is 19.7 Å². The molecule has 1 unspecified atom stereocenters. The van der Waals surface area contributed by atoms with Gasteiger partial charge in [-0.1, -0.05) is 0 Å². The van der Waals surface area contributed by atoms with Crippen molar-refractivity contribution < 1.29 is 19.7 Å². The Bertz CT molecular complexity index is 410. The topological polar surface area (TPSA) is 82.9 Å². The minimum absolute atomic E-state index is 0.0227. The Morgan fingerprint density at radius 1 is 1.65 bits per heavy atom. The molecule has 6 heteroatoms. The van der Waals surface area contributed by atoms with Gasteiger partial charge in [0.15, 0.2) is 0 Å². The molecule has 1 fully saturated rings. The fourth-order valence-corrected chi connectivity index (χ4v) is 1.80. The van der Waals surface area contributed by atoms with Crippen LogP contribution in [0.1, 0.15) is 10.5 Å². The zero-order chi connectivity index (χ0) is 12.3. The fraction of sp³-hybridized carbons (Fsp3) is 0.455. The number of nitrogens with zero attached hydrogens (tertiary/aromatic N) is 2. The lowest BCUT2D eigenvalue weighted by molar-refractivity contribution is 0.00356.